The van der Waals surface area contributed by atoms with Gasteiger partial charge < -0.3 is 35.9 Å². The number of dihydropyridines is 1. The molecule has 1 unspecified atom stereocenters. The first-order valence-electron chi connectivity index (χ1n) is 14.8. The number of rotatable bonds is 7. The molecule has 2 aliphatic heterocycles. The highest BCUT2D eigenvalue weighted by atomic mass is 79.9. The molecule has 46 heavy (non-hydrogen) atoms. The summed E-state index contributed by atoms with van der Waals surface area (Å²) in [5.74, 6) is -1.32. The van der Waals surface area contributed by atoms with E-state index in [0.29, 0.717) is 41.4 Å². The number of nitrogens with two attached hydrogens (primary N) is 1. The van der Waals surface area contributed by atoms with E-state index in [1.807, 2.05) is 6.08 Å². The number of carbonyl (C=O) groups is 1. The lowest BCUT2D eigenvalue weighted by Crippen LogP contribution is -2.36. The van der Waals surface area contributed by atoms with Crippen molar-refractivity contribution in [1.29, 1.82) is 0 Å². The summed E-state index contributed by atoms with van der Waals surface area (Å²) in [6, 6.07) is 16.1. The fourth-order valence-electron chi connectivity index (χ4n) is 5.67. The van der Waals surface area contributed by atoms with Gasteiger partial charge in [-0.2, -0.15) is 0 Å². The van der Waals surface area contributed by atoms with Crippen LogP contribution in [-0.2, 0) is 11.3 Å². The second kappa shape index (κ2) is 13.3. The van der Waals surface area contributed by atoms with Gasteiger partial charge in [-0.1, -0.05) is 40.2 Å². The van der Waals surface area contributed by atoms with Crippen LogP contribution in [0.3, 0.4) is 0 Å². The molecule has 9 nitrogen and oxygen atoms in total. The third-order valence-electron chi connectivity index (χ3n) is 8.20. The second-order valence-electron chi connectivity index (χ2n) is 11.4. The Balaban J connectivity index is 1.27. The highest BCUT2D eigenvalue weighted by molar-refractivity contribution is 9.10. The van der Waals surface area contributed by atoms with Crippen molar-refractivity contribution < 1.29 is 24.1 Å². The van der Waals surface area contributed by atoms with E-state index in [0.717, 1.165) is 29.6 Å². The number of hydrogen-bond donors (Lipinski definition) is 5. The largest absolute Gasteiger partial charge is 0.504 e. The first-order valence-corrected chi connectivity index (χ1v) is 15.6. The molecule has 2 aliphatic rings. The number of hydrogen-bond acceptors (Lipinski definition) is 7. The number of nitrogens with one attached hydrogen (secondary N) is 2. The monoisotopic (exact) mass is 686 g/mol. The molecule has 1 fully saturated rings. The standard InChI is InChI=1S/C35H32BrFN4O5/c36-24-4-7-26(30(37)15-24)28-18-41(17-20-9-11-46-12-10-20)19-29(33(28)44)35(45)40-25-5-1-21(2-6-25)27-13-23(16-39-34(27)38)22-3-8-31(42)32(43)14-22/h1-8,13-16,18-20,34,39,42-43H,9-12,17,38H2,(H,40,45). The van der Waals surface area contributed by atoms with Gasteiger partial charge in [-0.3, -0.25) is 9.59 Å². The van der Waals surface area contributed by atoms with Crippen LogP contribution in [0.1, 0.15) is 34.3 Å². The Bertz CT molecular complexity index is 1920. The van der Waals surface area contributed by atoms with Crippen LogP contribution in [0.5, 0.6) is 11.5 Å². The molecule has 0 spiro atoms. The second-order valence-corrected chi connectivity index (χ2v) is 12.3. The third-order valence-corrected chi connectivity index (χ3v) is 8.70. The van der Waals surface area contributed by atoms with E-state index in [-0.39, 0.29) is 28.2 Å². The molecular weight excluding hydrogens is 655 g/mol. The fourth-order valence-corrected chi connectivity index (χ4v) is 6.00. The van der Waals surface area contributed by atoms with Gasteiger partial charge in [0.2, 0.25) is 5.43 Å². The first-order chi connectivity index (χ1) is 22.2. The number of aromatic hydroxyl groups is 2. The zero-order chi connectivity index (χ0) is 32.4. The normalized spacial score (nSPS) is 16.7. The maximum Gasteiger partial charge on any atom is 0.261 e. The van der Waals surface area contributed by atoms with E-state index in [2.05, 4.69) is 26.6 Å². The summed E-state index contributed by atoms with van der Waals surface area (Å²) >= 11 is 3.26. The van der Waals surface area contributed by atoms with Gasteiger partial charge >= 0.3 is 0 Å². The number of carbonyl (C=O) groups excluding carboxylic acids is 1. The summed E-state index contributed by atoms with van der Waals surface area (Å²) in [6.07, 6.45) is 7.97. The van der Waals surface area contributed by atoms with Crippen LogP contribution >= 0.6 is 15.9 Å². The van der Waals surface area contributed by atoms with Crippen molar-refractivity contribution in [3.63, 3.8) is 0 Å². The SMILES string of the molecule is NC1NC=C(c2ccc(O)c(O)c2)C=C1c1ccc(NC(=O)c2cn(CC3CCOCC3)cc(-c3ccc(Br)cc3F)c2=O)cc1. The number of nitrogens with zero attached hydrogens (tertiary/aromatic N) is 1. The maximum atomic E-state index is 15.0. The smallest absolute Gasteiger partial charge is 0.261 e. The lowest BCUT2D eigenvalue weighted by molar-refractivity contribution is 0.0612. The van der Waals surface area contributed by atoms with E-state index in [9.17, 15) is 19.8 Å². The van der Waals surface area contributed by atoms with Gasteiger partial charge in [-0.05, 0) is 83.5 Å². The van der Waals surface area contributed by atoms with Crippen LogP contribution in [0.2, 0.25) is 0 Å². The average Bonchev–Trinajstić information content (AvgIpc) is 3.04. The van der Waals surface area contributed by atoms with Crippen molar-refractivity contribution in [2.45, 2.75) is 25.6 Å². The number of halogens is 2. The average molecular weight is 688 g/mol. The van der Waals surface area contributed by atoms with Crippen LogP contribution in [-0.4, -0.2) is 40.1 Å². The van der Waals surface area contributed by atoms with Crippen molar-refractivity contribution in [3.05, 3.63) is 123 Å². The Morgan fingerprint density at radius 2 is 1.74 bits per heavy atom. The number of phenols is 2. The topological polar surface area (TPSA) is 139 Å². The summed E-state index contributed by atoms with van der Waals surface area (Å²) in [5.41, 5.74) is 9.34. The van der Waals surface area contributed by atoms with Gasteiger partial charge in [0, 0.05) is 59.6 Å². The number of aromatic nitrogens is 1. The first kappa shape index (κ1) is 31.3. The lowest BCUT2D eigenvalue weighted by atomic mass is 9.95. The van der Waals surface area contributed by atoms with Gasteiger partial charge in [0.05, 0.1) is 0 Å². The summed E-state index contributed by atoms with van der Waals surface area (Å²) in [6.45, 7) is 1.86. The van der Waals surface area contributed by atoms with Gasteiger partial charge in [-0.25, -0.2) is 4.39 Å². The molecule has 6 rings (SSSR count). The highest BCUT2D eigenvalue weighted by Gasteiger charge is 2.22. The molecule has 6 N–H and O–H groups in total. The molecule has 0 bridgehead atoms. The van der Waals surface area contributed by atoms with Crippen LogP contribution in [0, 0.1) is 11.7 Å². The van der Waals surface area contributed by atoms with E-state index in [4.69, 9.17) is 10.5 Å². The van der Waals surface area contributed by atoms with Crippen molar-refractivity contribution in [1.82, 2.24) is 9.88 Å². The zero-order valence-electron chi connectivity index (χ0n) is 24.7. The van der Waals surface area contributed by atoms with Crippen LogP contribution < -0.4 is 21.8 Å². The molecule has 1 atom stereocenters. The molecule has 11 heteroatoms. The predicted molar refractivity (Wildman–Crippen MR) is 179 cm³/mol. The summed E-state index contributed by atoms with van der Waals surface area (Å²) in [7, 11) is 0. The summed E-state index contributed by atoms with van der Waals surface area (Å²) in [4.78, 5) is 27.2. The van der Waals surface area contributed by atoms with Gasteiger partial charge in [0.15, 0.2) is 11.5 Å². The van der Waals surface area contributed by atoms with E-state index < -0.39 is 23.3 Å². The highest BCUT2D eigenvalue weighted by Crippen LogP contribution is 2.32. The Kier molecular flexibility index (Phi) is 9.07. The number of allylic oxidation sites excluding steroid dienone is 2. The van der Waals surface area contributed by atoms with Crippen LogP contribution in [0.25, 0.3) is 22.3 Å². The van der Waals surface area contributed by atoms with Crippen molar-refractivity contribution in [3.8, 4) is 22.6 Å². The maximum absolute atomic E-state index is 15.0. The predicted octanol–water partition coefficient (Wildman–Crippen LogP) is 5.82. The molecule has 4 aromatic rings. The molecule has 0 saturated carbocycles. The van der Waals surface area contributed by atoms with E-state index >= 15 is 4.39 Å². The van der Waals surface area contributed by atoms with Crippen molar-refractivity contribution in [2.24, 2.45) is 11.7 Å². The van der Waals surface area contributed by atoms with Crippen LogP contribution in [0.4, 0.5) is 10.1 Å². The minimum Gasteiger partial charge on any atom is -0.504 e. The number of amides is 1. The number of phenolic OH excluding ortho intramolecular Hbond substituents is 2. The molecule has 0 aliphatic carbocycles. The minimum atomic E-state index is -0.606. The van der Waals surface area contributed by atoms with Gasteiger partial charge in [0.25, 0.3) is 5.91 Å². The Morgan fingerprint density at radius 1 is 1.00 bits per heavy atom. The number of ether oxygens (including phenoxy) is 1. The Labute approximate surface area is 273 Å². The summed E-state index contributed by atoms with van der Waals surface area (Å²) in [5, 5.41) is 25.5. The number of anilines is 1. The zero-order valence-corrected chi connectivity index (χ0v) is 26.3. The molecule has 0 radical (unpaired) electrons. The molecule has 1 aromatic heterocycles. The number of pyridine rings is 1. The molecule has 236 valence electrons. The quantitative estimate of drug-likeness (QED) is 0.155. The molecule has 3 aromatic carbocycles. The van der Waals surface area contributed by atoms with Gasteiger partial charge in [0.1, 0.15) is 17.5 Å². The minimum absolute atomic E-state index is 0.0934. The molecule has 3 heterocycles. The van der Waals surface area contributed by atoms with Gasteiger partial charge in [-0.15, -0.1) is 0 Å². The van der Waals surface area contributed by atoms with Crippen molar-refractivity contribution in [2.75, 3.05) is 18.5 Å². The molecular formula is C35H32BrFN4O5. The lowest BCUT2D eigenvalue weighted by Gasteiger charge is -2.24. The fraction of sp³-hybridized carbons (Fsp3) is 0.200. The Morgan fingerprint density at radius 3 is 2.46 bits per heavy atom. The summed E-state index contributed by atoms with van der Waals surface area (Å²) < 4.78 is 22.8. The Hall–Kier alpha value is -4.71. The molecule has 1 saturated heterocycles. The van der Waals surface area contributed by atoms with E-state index in [1.165, 1.54) is 30.5 Å². The third kappa shape index (κ3) is 6.76. The molecule has 1 amide bonds. The number of benzene rings is 3. The van der Waals surface area contributed by atoms with Crippen LogP contribution in [0.15, 0.2) is 94.6 Å². The van der Waals surface area contributed by atoms with Crippen molar-refractivity contribution >= 4 is 38.7 Å². The van der Waals surface area contributed by atoms with E-state index in [1.54, 1.807) is 53.4 Å².